The van der Waals surface area contributed by atoms with E-state index in [1.807, 2.05) is 21.0 Å². The predicted octanol–water partition coefficient (Wildman–Crippen LogP) is 5.65. The summed E-state index contributed by atoms with van der Waals surface area (Å²) in [6.07, 6.45) is 7.38. The number of aryl methyl sites for hydroxylation is 2. The van der Waals surface area contributed by atoms with Gasteiger partial charge in [-0.3, -0.25) is 52.8 Å². The first-order valence-electron chi connectivity index (χ1n) is 25.5. The summed E-state index contributed by atoms with van der Waals surface area (Å²) in [7, 11) is 2.92. The molecule has 2 aliphatic heterocycles. The Morgan fingerprint density at radius 1 is 0.724 bits per heavy atom. The number of sulfonamides is 1. The molecule has 406 valence electrons. The molecular weight excluding hydrogens is 1000 g/mol. The predicted molar refractivity (Wildman–Crippen MR) is 283 cm³/mol. The number of rotatable bonds is 28. The van der Waals surface area contributed by atoms with E-state index in [9.17, 15) is 42.0 Å². The zero-order chi connectivity index (χ0) is 54.5. The molecule has 21 nitrogen and oxygen atoms in total. The van der Waals surface area contributed by atoms with E-state index in [0.717, 1.165) is 56.4 Å². The quantitative estimate of drug-likeness (QED) is 0.0349. The molecular formula is C54H66N8O13S. The van der Waals surface area contributed by atoms with Crippen LogP contribution in [0, 0.1) is 0 Å². The molecule has 0 radical (unpaired) electrons. The lowest BCUT2D eigenvalue weighted by Crippen LogP contribution is -2.54. The average molecular weight is 1070 g/mol. The fourth-order valence-corrected chi connectivity index (χ4v) is 9.93. The van der Waals surface area contributed by atoms with Crippen LogP contribution in [0.5, 0.6) is 28.7 Å². The first kappa shape index (κ1) is 56.0. The number of carbonyl (C=O) groups is 6. The second kappa shape index (κ2) is 25.7. The molecule has 4 N–H and O–H groups in total. The van der Waals surface area contributed by atoms with Gasteiger partial charge in [0.1, 0.15) is 29.0 Å². The van der Waals surface area contributed by atoms with Crippen LogP contribution < -0.4 is 45.3 Å². The summed E-state index contributed by atoms with van der Waals surface area (Å²) in [5.74, 6) is -1.94. The summed E-state index contributed by atoms with van der Waals surface area (Å²) < 4.78 is 57.8. The third-order valence-electron chi connectivity index (χ3n) is 12.8. The maximum atomic E-state index is 14.1. The number of nitrogens with zero attached hydrogens (tertiary/aromatic N) is 4. The third kappa shape index (κ3) is 14.0. The molecule has 22 heteroatoms. The highest BCUT2D eigenvalue weighted by atomic mass is 32.2. The highest BCUT2D eigenvalue weighted by Crippen LogP contribution is 2.38. The van der Waals surface area contributed by atoms with Gasteiger partial charge in [0.05, 0.1) is 46.0 Å². The number of nitrogens with one attached hydrogen (secondary N) is 4. The van der Waals surface area contributed by atoms with E-state index in [2.05, 4.69) is 25.6 Å². The Hall–Kier alpha value is -7.72. The van der Waals surface area contributed by atoms with Crippen molar-refractivity contribution in [1.29, 1.82) is 0 Å². The van der Waals surface area contributed by atoms with Gasteiger partial charge in [-0.25, -0.2) is 13.2 Å². The van der Waals surface area contributed by atoms with Crippen LogP contribution in [0.1, 0.15) is 109 Å². The third-order valence-corrected chi connectivity index (χ3v) is 14.2. The number of hydrogen-bond donors (Lipinski definition) is 4. The van der Waals surface area contributed by atoms with Crippen molar-refractivity contribution in [1.82, 2.24) is 34.9 Å². The minimum Gasteiger partial charge on any atom is -0.493 e. The maximum Gasteiger partial charge on any atom is 0.328 e. The Kier molecular flexibility index (Phi) is 18.9. The summed E-state index contributed by atoms with van der Waals surface area (Å²) in [4.78, 5) is 92.0. The number of fused-ring (bicyclic) bond motifs is 2. The largest absolute Gasteiger partial charge is 0.493 e. The standard InChI is InChI=1S/C54H66N8O13S/c1-6-26-72-36-29-37(73-27-14-13-25-59(2)3)31-38(30-36)75-46-33-44-43(60(4)54(69)61(44)5)32-41(46)58-76(70,71)39-18-15-17-35(28-39)50(65)56-24-12-10-8-7-9-11-23-55-48(64)34-74-45-20-16-19-40-49(45)53(68)62(52(40)67)42-21-22-47(63)57-51(42)66/h15-20,28-33,42,58H,6-14,21-27,34H2,1-5H3,(H,55,64)(H,56,65)(H,57,63,66). The molecule has 1 fully saturated rings. The van der Waals surface area contributed by atoms with Gasteiger partial charge in [0.2, 0.25) is 11.8 Å². The van der Waals surface area contributed by atoms with Crippen molar-refractivity contribution in [2.45, 2.75) is 88.5 Å². The van der Waals surface area contributed by atoms with Crippen molar-refractivity contribution in [2.75, 3.05) is 58.3 Å². The summed E-state index contributed by atoms with van der Waals surface area (Å²) >= 11 is 0. The SMILES string of the molecule is CCCOc1cc(OCCCCN(C)C)cc(Oc2cc3c(cc2NS(=O)(=O)c2cccc(C(=O)NCCCCCCCCNC(=O)COc4cccc5c4C(=O)N(C4CCC(=O)NC4=O)C5=O)c2)n(C)c(=O)n3C)c1. The van der Waals surface area contributed by atoms with Crippen LogP contribution in [0.4, 0.5) is 5.69 Å². The molecule has 2 aliphatic rings. The van der Waals surface area contributed by atoms with Gasteiger partial charge in [0.15, 0.2) is 12.4 Å². The van der Waals surface area contributed by atoms with E-state index in [4.69, 9.17) is 18.9 Å². The molecule has 0 saturated carbocycles. The van der Waals surface area contributed by atoms with Crippen molar-refractivity contribution in [2.24, 2.45) is 14.1 Å². The Balaban J connectivity index is 0.865. The van der Waals surface area contributed by atoms with Crippen LogP contribution in [-0.4, -0.2) is 122 Å². The smallest absolute Gasteiger partial charge is 0.328 e. The van der Waals surface area contributed by atoms with Crippen molar-refractivity contribution in [3.05, 3.63) is 100.0 Å². The normalized spacial score (nSPS) is 14.4. The van der Waals surface area contributed by atoms with Gasteiger partial charge in [-0.15, -0.1) is 0 Å². The van der Waals surface area contributed by atoms with Crippen LogP contribution in [0.25, 0.3) is 11.0 Å². The van der Waals surface area contributed by atoms with Gasteiger partial charge >= 0.3 is 5.69 Å². The summed E-state index contributed by atoms with van der Waals surface area (Å²) in [6.45, 7) is 4.21. The van der Waals surface area contributed by atoms with E-state index in [1.54, 1.807) is 38.4 Å². The fourth-order valence-electron chi connectivity index (χ4n) is 8.82. The second-order valence-electron chi connectivity index (χ2n) is 19.0. The van der Waals surface area contributed by atoms with Crippen molar-refractivity contribution in [3.8, 4) is 28.7 Å². The molecule has 1 atom stereocenters. The lowest BCUT2D eigenvalue weighted by atomic mass is 10.0. The number of piperidine rings is 1. The maximum absolute atomic E-state index is 14.1. The van der Waals surface area contributed by atoms with Crippen LogP contribution in [0.2, 0.25) is 0 Å². The number of unbranched alkanes of at least 4 members (excludes halogenated alkanes) is 6. The Morgan fingerprint density at radius 3 is 2.08 bits per heavy atom. The number of ether oxygens (including phenoxy) is 4. The monoisotopic (exact) mass is 1070 g/mol. The number of benzene rings is 4. The average Bonchev–Trinajstić information content (AvgIpc) is 3.76. The fraction of sp³-hybridized carbons (Fsp3) is 0.426. The molecule has 1 aromatic heterocycles. The van der Waals surface area contributed by atoms with Crippen molar-refractivity contribution < 1.29 is 56.1 Å². The van der Waals surface area contributed by atoms with Gasteiger partial charge in [-0.1, -0.05) is 44.7 Å². The minimum atomic E-state index is -4.32. The van der Waals surface area contributed by atoms with Gasteiger partial charge in [0, 0.05) is 63.4 Å². The minimum absolute atomic E-state index is 0.00544. The molecule has 0 spiro atoms. The Morgan fingerprint density at radius 2 is 1.38 bits per heavy atom. The topological polar surface area (TPSA) is 255 Å². The molecule has 0 aliphatic carbocycles. The lowest BCUT2D eigenvalue weighted by Gasteiger charge is -2.27. The molecule has 5 aromatic rings. The number of anilines is 1. The molecule has 6 amide bonds. The van der Waals surface area contributed by atoms with Crippen molar-refractivity contribution in [3.63, 3.8) is 0 Å². The summed E-state index contributed by atoms with van der Waals surface area (Å²) in [5.41, 5.74) is 0.871. The lowest BCUT2D eigenvalue weighted by molar-refractivity contribution is -0.136. The highest BCUT2D eigenvalue weighted by molar-refractivity contribution is 7.92. The molecule has 7 rings (SSSR count). The van der Waals surface area contributed by atoms with Gasteiger partial charge < -0.3 is 34.5 Å². The molecule has 76 heavy (non-hydrogen) atoms. The molecule has 1 unspecified atom stereocenters. The van der Waals surface area contributed by atoms with E-state index in [-0.39, 0.29) is 57.3 Å². The molecule has 1 saturated heterocycles. The van der Waals surface area contributed by atoms with E-state index in [1.165, 1.54) is 57.7 Å². The first-order chi connectivity index (χ1) is 36.4. The van der Waals surface area contributed by atoms with Crippen LogP contribution in [-0.2, 0) is 38.5 Å². The van der Waals surface area contributed by atoms with Crippen molar-refractivity contribution >= 4 is 62.2 Å². The van der Waals surface area contributed by atoms with E-state index < -0.39 is 58.1 Å². The van der Waals surface area contributed by atoms with E-state index >= 15 is 0 Å². The number of carbonyl (C=O) groups excluding carboxylic acids is 6. The Bertz CT molecular complexity index is 3150. The van der Waals surface area contributed by atoms with Gasteiger partial charge in [-0.05, 0) is 95.6 Å². The molecule has 3 heterocycles. The number of imidazole rings is 1. The van der Waals surface area contributed by atoms with Crippen LogP contribution >= 0.6 is 0 Å². The molecule has 0 bridgehead atoms. The second-order valence-corrected chi connectivity index (χ2v) is 20.6. The number of aromatic nitrogens is 2. The zero-order valence-electron chi connectivity index (χ0n) is 43.5. The zero-order valence-corrected chi connectivity index (χ0v) is 44.3. The van der Waals surface area contributed by atoms with Gasteiger partial charge in [-0.2, -0.15) is 0 Å². The number of imide groups is 2. The number of hydrogen-bond acceptors (Lipinski definition) is 14. The highest BCUT2D eigenvalue weighted by Gasteiger charge is 2.46. The van der Waals surface area contributed by atoms with E-state index in [0.29, 0.717) is 67.4 Å². The summed E-state index contributed by atoms with van der Waals surface area (Å²) in [6, 6.07) is 17.3. The summed E-state index contributed by atoms with van der Waals surface area (Å²) in [5, 5.41) is 7.82. The molecule has 4 aromatic carbocycles. The Labute approximate surface area is 441 Å². The van der Waals surface area contributed by atoms with Crippen LogP contribution in [0.15, 0.2) is 82.5 Å². The first-order valence-corrected chi connectivity index (χ1v) is 27.0. The number of amides is 6. The van der Waals surface area contributed by atoms with Gasteiger partial charge in [0.25, 0.3) is 33.7 Å². The van der Waals surface area contributed by atoms with Crippen LogP contribution in [0.3, 0.4) is 0 Å².